The first-order valence-corrected chi connectivity index (χ1v) is 6.39. The van der Waals surface area contributed by atoms with E-state index in [0.717, 1.165) is 23.3 Å². The van der Waals surface area contributed by atoms with Crippen molar-refractivity contribution >= 4 is 21.8 Å². The highest BCUT2D eigenvalue weighted by Gasteiger charge is 2.30. The summed E-state index contributed by atoms with van der Waals surface area (Å²) in [4.78, 5) is 14.2. The number of nitrogens with zero attached hydrogens (tertiary/aromatic N) is 2. The zero-order chi connectivity index (χ0) is 11.9. The van der Waals surface area contributed by atoms with Crippen LogP contribution in [0.25, 0.3) is 0 Å². The fourth-order valence-corrected chi connectivity index (χ4v) is 2.72. The third-order valence-electron chi connectivity index (χ3n) is 3.47. The molecule has 0 aromatic carbocycles. The molecule has 1 aliphatic rings. The molecule has 3 nitrogen and oxygen atoms in total. The highest BCUT2D eigenvalue weighted by atomic mass is 79.9. The number of carbonyl (C=O) groups is 1. The summed E-state index contributed by atoms with van der Waals surface area (Å²) in [5.41, 5.74) is 0.758. The second-order valence-corrected chi connectivity index (χ2v) is 5.73. The number of amides is 1. The van der Waals surface area contributed by atoms with Gasteiger partial charge in [-0.15, -0.1) is 0 Å². The predicted molar refractivity (Wildman–Crippen MR) is 67.3 cm³/mol. The Bertz CT molecular complexity index is 403. The van der Waals surface area contributed by atoms with Gasteiger partial charge >= 0.3 is 0 Å². The Kier molecular flexibility index (Phi) is 3.10. The summed E-state index contributed by atoms with van der Waals surface area (Å²) in [6.07, 6.45) is 1.91. The minimum atomic E-state index is 0.143. The average molecular weight is 285 g/mol. The van der Waals surface area contributed by atoms with E-state index < -0.39 is 0 Å². The predicted octanol–water partition coefficient (Wildman–Crippen LogP) is 2.52. The molecule has 0 radical (unpaired) electrons. The molecule has 0 saturated carbocycles. The quantitative estimate of drug-likeness (QED) is 0.778. The zero-order valence-corrected chi connectivity index (χ0v) is 11.5. The van der Waals surface area contributed by atoms with E-state index in [9.17, 15) is 4.79 Å². The molecule has 1 saturated heterocycles. The molecule has 4 heteroatoms. The molecule has 1 fully saturated rings. The number of rotatable bonds is 1. The Labute approximate surface area is 105 Å². The van der Waals surface area contributed by atoms with Gasteiger partial charge in [-0.2, -0.15) is 0 Å². The fourth-order valence-electron chi connectivity index (χ4n) is 2.19. The molecule has 16 heavy (non-hydrogen) atoms. The van der Waals surface area contributed by atoms with Crippen LogP contribution in [-0.2, 0) is 7.05 Å². The Morgan fingerprint density at radius 1 is 1.38 bits per heavy atom. The normalized spacial score (nSPS) is 25.1. The van der Waals surface area contributed by atoms with Gasteiger partial charge in [0.05, 0.1) is 0 Å². The van der Waals surface area contributed by atoms with E-state index >= 15 is 0 Å². The number of hydrogen-bond donors (Lipinski definition) is 0. The highest BCUT2D eigenvalue weighted by molar-refractivity contribution is 9.10. The van der Waals surface area contributed by atoms with Crippen LogP contribution < -0.4 is 0 Å². The van der Waals surface area contributed by atoms with E-state index in [1.807, 2.05) is 28.8 Å². The number of likely N-dealkylation sites (tertiary alicyclic amines) is 1. The molecular weight excluding hydrogens is 268 g/mol. The fraction of sp³-hybridized carbons (Fsp3) is 0.583. The van der Waals surface area contributed by atoms with Crippen LogP contribution >= 0.6 is 15.9 Å². The largest absolute Gasteiger partial charge is 0.345 e. The van der Waals surface area contributed by atoms with Crippen molar-refractivity contribution in [2.24, 2.45) is 18.9 Å². The van der Waals surface area contributed by atoms with E-state index in [0.29, 0.717) is 11.8 Å². The van der Waals surface area contributed by atoms with Crippen molar-refractivity contribution in [3.05, 3.63) is 22.4 Å². The summed E-state index contributed by atoms with van der Waals surface area (Å²) in [6, 6.07) is 1.88. The van der Waals surface area contributed by atoms with Crippen molar-refractivity contribution in [2.75, 3.05) is 13.1 Å². The molecule has 0 N–H and O–H groups in total. The summed E-state index contributed by atoms with van der Waals surface area (Å²) in [6.45, 7) is 6.17. The molecule has 2 unspecified atom stereocenters. The molecule has 1 aromatic rings. The standard InChI is InChI=1S/C12H17BrN2O/c1-8-5-15(6-9(8)2)12(16)11-4-10(13)7-14(11)3/h4,7-9H,5-6H2,1-3H3. The van der Waals surface area contributed by atoms with Gasteiger partial charge in [0.2, 0.25) is 0 Å². The summed E-state index contributed by atoms with van der Waals surface area (Å²) >= 11 is 3.39. The molecule has 0 bridgehead atoms. The van der Waals surface area contributed by atoms with Gasteiger partial charge in [-0.25, -0.2) is 0 Å². The van der Waals surface area contributed by atoms with Gasteiger partial charge in [0.1, 0.15) is 5.69 Å². The lowest BCUT2D eigenvalue weighted by Crippen LogP contribution is -2.30. The first-order chi connectivity index (χ1) is 7.49. The first kappa shape index (κ1) is 11.7. The molecular formula is C12H17BrN2O. The number of aryl methyl sites for hydroxylation is 1. The van der Waals surface area contributed by atoms with E-state index in [4.69, 9.17) is 0 Å². The van der Waals surface area contributed by atoms with Crippen LogP contribution in [0.1, 0.15) is 24.3 Å². The topological polar surface area (TPSA) is 25.2 Å². The molecule has 2 rings (SSSR count). The van der Waals surface area contributed by atoms with Crippen molar-refractivity contribution in [3.8, 4) is 0 Å². The minimum Gasteiger partial charge on any atom is -0.345 e. The number of hydrogen-bond acceptors (Lipinski definition) is 1. The van der Waals surface area contributed by atoms with Crippen molar-refractivity contribution in [2.45, 2.75) is 13.8 Å². The van der Waals surface area contributed by atoms with Gasteiger partial charge in [-0.3, -0.25) is 4.79 Å². The number of aromatic nitrogens is 1. The maximum Gasteiger partial charge on any atom is 0.270 e. The van der Waals surface area contributed by atoms with Gasteiger partial charge in [-0.1, -0.05) is 13.8 Å². The first-order valence-electron chi connectivity index (χ1n) is 5.60. The second-order valence-electron chi connectivity index (χ2n) is 4.82. The van der Waals surface area contributed by atoms with Gasteiger partial charge in [0.15, 0.2) is 0 Å². The molecule has 2 heterocycles. The molecule has 1 amide bonds. The zero-order valence-electron chi connectivity index (χ0n) is 9.90. The van der Waals surface area contributed by atoms with Crippen molar-refractivity contribution in [1.82, 2.24) is 9.47 Å². The van der Waals surface area contributed by atoms with Crippen LogP contribution in [0.3, 0.4) is 0 Å². The smallest absolute Gasteiger partial charge is 0.270 e. The Morgan fingerprint density at radius 2 is 1.94 bits per heavy atom. The van der Waals surface area contributed by atoms with E-state index in [2.05, 4.69) is 29.8 Å². The lowest BCUT2D eigenvalue weighted by atomic mass is 10.0. The summed E-state index contributed by atoms with van der Waals surface area (Å²) < 4.78 is 2.83. The van der Waals surface area contributed by atoms with Crippen LogP contribution in [-0.4, -0.2) is 28.5 Å². The highest BCUT2D eigenvalue weighted by Crippen LogP contribution is 2.24. The van der Waals surface area contributed by atoms with E-state index in [-0.39, 0.29) is 5.91 Å². The van der Waals surface area contributed by atoms with Gasteiger partial charge in [0, 0.05) is 30.8 Å². The van der Waals surface area contributed by atoms with Crippen molar-refractivity contribution in [3.63, 3.8) is 0 Å². The van der Waals surface area contributed by atoms with Crippen LogP contribution in [0.15, 0.2) is 16.7 Å². The van der Waals surface area contributed by atoms with Crippen LogP contribution in [0.2, 0.25) is 0 Å². The summed E-state index contributed by atoms with van der Waals surface area (Å²) in [5.74, 6) is 1.35. The maximum atomic E-state index is 12.3. The molecule has 2 atom stereocenters. The SMILES string of the molecule is CC1CN(C(=O)c2cc(Br)cn2C)CC1C. The summed E-state index contributed by atoms with van der Waals surface area (Å²) in [7, 11) is 1.90. The molecule has 1 aliphatic heterocycles. The molecule has 1 aromatic heterocycles. The average Bonchev–Trinajstić information content (AvgIpc) is 2.70. The molecule has 88 valence electrons. The number of halogens is 1. The molecule has 0 aliphatic carbocycles. The van der Waals surface area contributed by atoms with E-state index in [1.54, 1.807) is 0 Å². The van der Waals surface area contributed by atoms with Crippen molar-refractivity contribution < 1.29 is 4.79 Å². The number of carbonyl (C=O) groups excluding carboxylic acids is 1. The summed E-state index contributed by atoms with van der Waals surface area (Å²) in [5, 5.41) is 0. The lowest BCUT2D eigenvalue weighted by molar-refractivity contribution is 0.0775. The van der Waals surface area contributed by atoms with Gasteiger partial charge < -0.3 is 9.47 Å². The van der Waals surface area contributed by atoms with Crippen LogP contribution in [0.4, 0.5) is 0 Å². The second kappa shape index (κ2) is 4.24. The van der Waals surface area contributed by atoms with E-state index in [1.165, 1.54) is 0 Å². The van der Waals surface area contributed by atoms with Crippen molar-refractivity contribution in [1.29, 1.82) is 0 Å². The molecule has 0 spiro atoms. The van der Waals surface area contributed by atoms with Crippen LogP contribution in [0, 0.1) is 11.8 Å². The Hall–Kier alpha value is -0.770. The van der Waals surface area contributed by atoms with Crippen LogP contribution in [0.5, 0.6) is 0 Å². The minimum absolute atomic E-state index is 0.143. The maximum absolute atomic E-state index is 12.3. The monoisotopic (exact) mass is 284 g/mol. The van der Waals surface area contributed by atoms with Gasteiger partial charge in [0.25, 0.3) is 5.91 Å². The lowest BCUT2D eigenvalue weighted by Gasteiger charge is -2.16. The Balaban J connectivity index is 2.17. The van der Waals surface area contributed by atoms with Gasteiger partial charge in [-0.05, 0) is 33.8 Å². The Morgan fingerprint density at radius 3 is 2.38 bits per heavy atom. The third-order valence-corrected chi connectivity index (χ3v) is 3.90. The third kappa shape index (κ3) is 2.03.